The summed E-state index contributed by atoms with van der Waals surface area (Å²) in [6.45, 7) is 2.03. The van der Waals surface area contributed by atoms with E-state index in [0.717, 1.165) is 30.4 Å². The SMILES string of the molecule is Cc1ccc(S(=O)(=O)N(CC(=O)N2C[C@H](C(=O)NCCc3ccccc3)Oc3ccccc32)C2CCCCC2)cc1. The second-order valence-electron chi connectivity index (χ2n) is 10.8. The van der Waals surface area contributed by atoms with Gasteiger partial charge in [0.25, 0.3) is 5.91 Å². The molecule has 0 aromatic heterocycles. The molecule has 2 amide bonds. The Morgan fingerprint density at radius 3 is 2.34 bits per heavy atom. The molecule has 1 heterocycles. The lowest BCUT2D eigenvalue weighted by atomic mass is 9.95. The van der Waals surface area contributed by atoms with E-state index in [1.165, 1.54) is 9.21 Å². The van der Waals surface area contributed by atoms with Crippen LogP contribution in [0.2, 0.25) is 0 Å². The molecule has 1 saturated carbocycles. The van der Waals surface area contributed by atoms with Gasteiger partial charge in [-0.25, -0.2) is 8.42 Å². The molecule has 3 aromatic rings. The standard InChI is InChI=1S/C32H37N3O5S/c1-24-16-18-27(19-17-24)41(38,39)35(26-12-6-3-7-13-26)23-31(36)34-22-30(40-29-15-9-8-14-28(29)34)32(37)33-21-20-25-10-4-2-5-11-25/h2,4-5,8-11,14-19,26,30H,3,6-7,12-13,20-23H2,1H3,(H,33,37)/t30-/m1/s1. The number of carbonyl (C=O) groups is 2. The van der Waals surface area contributed by atoms with E-state index >= 15 is 0 Å². The van der Waals surface area contributed by atoms with E-state index in [-0.39, 0.29) is 35.8 Å². The number of sulfonamides is 1. The van der Waals surface area contributed by atoms with Gasteiger partial charge in [0.2, 0.25) is 15.9 Å². The zero-order valence-corrected chi connectivity index (χ0v) is 24.2. The zero-order chi connectivity index (χ0) is 28.8. The number of amides is 2. The molecule has 0 bridgehead atoms. The minimum Gasteiger partial charge on any atom is -0.477 e. The van der Waals surface area contributed by atoms with Gasteiger partial charge in [-0.2, -0.15) is 4.31 Å². The highest BCUT2D eigenvalue weighted by atomic mass is 32.2. The van der Waals surface area contributed by atoms with Crippen molar-refractivity contribution in [3.05, 3.63) is 90.0 Å². The first-order valence-corrected chi connectivity index (χ1v) is 15.7. The third-order valence-corrected chi connectivity index (χ3v) is 9.74. The first-order chi connectivity index (χ1) is 19.8. The number of nitrogens with zero attached hydrogens (tertiary/aromatic N) is 2. The number of nitrogens with one attached hydrogen (secondary N) is 1. The van der Waals surface area contributed by atoms with Gasteiger partial charge in [-0.1, -0.05) is 79.4 Å². The third-order valence-electron chi connectivity index (χ3n) is 7.82. The Morgan fingerprint density at radius 2 is 1.61 bits per heavy atom. The van der Waals surface area contributed by atoms with Crippen molar-refractivity contribution in [1.82, 2.24) is 9.62 Å². The van der Waals surface area contributed by atoms with E-state index in [4.69, 9.17) is 4.74 Å². The van der Waals surface area contributed by atoms with Crippen LogP contribution in [-0.4, -0.2) is 56.3 Å². The van der Waals surface area contributed by atoms with Crippen LogP contribution in [-0.2, 0) is 26.0 Å². The van der Waals surface area contributed by atoms with Crippen LogP contribution >= 0.6 is 0 Å². The lowest BCUT2D eigenvalue weighted by molar-refractivity contribution is -0.128. The fraction of sp³-hybridized carbons (Fsp3) is 0.375. The smallest absolute Gasteiger partial charge is 0.262 e. The second kappa shape index (κ2) is 12.9. The topological polar surface area (TPSA) is 96.0 Å². The molecule has 1 N–H and O–H groups in total. The summed E-state index contributed by atoms with van der Waals surface area (Å²) in [5.41, 5.74) is 2.60. The molecule has 8 nitrogen and oxygen atoms in total. The average molecular weight is 576 g/mol. The average Bonchev–Trinajstić information content (AvgIpc) is 3.00. The molecule has 0 radical (unpaired) electrons. The molecule has 3 aromatic carbocycles. The minimum atomic E-state index is -3.92. The number of benzene rings is 3. The maximum atomic E-state index is 13.9. The molecule has 1 aliphatic carbocycles. The van der Waals surface area contributed by atoms with Gasteiger partial charge >= 0.3 is 0 Å². The normalized spacial score (nSPS) is 17.5. The van der Waals surface area contributed by atoms with Crippen molar-refractivity contribution >= 4 is 27.5 Å². The lowest BCUT2D eigenvalue weighted by Gasteiger charge is -2.37. The molecule has 1 fully saturated rings. The molecular formula is C32H37N3O5S. The first kappa shape index (κ1) is 28.8. The zero-order valence-electron chi connectivity index (χ0n) is 23.4. The van der Waals surface area contributed by atoms with Crippen molar-refractivity contribution in [2.24, 2.45) is 0 Å². The Morgan fingerprint density at radius 1 is 0.927 bits per heavy atom. The number of ether oxygens (including phenoxy) is 1. The van der Waals surface area contributed by atoms with E-state index in [9.17, 15) is 18.0 Å². The molecule has 5 rings (SSSR count). The Hall–Kier alpha value is -3.69. The Bertz CT molecular complexity index is 1450. The quantitative estimate of drug-likeness (QED) is 0.406. The van der Waals surface area contributed by atoms with Gasteiger partial charge < -0.3 is 15.0 Å². The van der Waals surface area contributed by atoms with Crippen LogP contribution in [0, 0.1) is 6.92 Å². The van der Waals surface area contributed by atoms with E-state index in [1.807, 2.05) is 37.3 Å². The number of carbonyl (C=O) groups excluding carboxylic acids is 2. The summed E-state index contributed by atoms with van der Waals surface area (Å²) in [6, 6.07) is 23.4. The van der Waals surface area contributed by atoms with E-state index in [0.29, 0.717) is 37.2 Å². The fourth-order valence-corrected chi connectivity index (χ4v) is 7.17. The first-order valence-electron chi connectivity index (χ1n) is 14.3. The van der Waals surface area contributed by atoms with Crippen LogP contribution in [0.4, 0.5) is 5.69 Å². The van der Waals surface area contributed by atoms with E-state index in [2.05, 4.69) is 5.32 Å². The second-order valence-corrected chi connectivity index (χ2v) is 12.7. The van der Waals surface area contributed by atoms with Crippen molar-refractivity contribution in [3.8, 4) is 5.75 Å². The largest absolute Gasteiger partial charge is 0.477 e. The number of fused-ring (bicyclic) bond motifs is 1. The van der Waals surface area contributed by atoms with Crippen molar-refractivity contribution < 1.29 is 22.7 Å². The van der Waals surface area contributed by atoms with Gasteiger partial charge in [0.15, 0.2) is 6.10 Å². The molecule has 1 atom stereocenters. The molecule has 216 valence electrons. The number of rotatable bonds is 9. The highest BCUT2D eigenvalue weighted by Gasteiger charge is 2.38. The summed E-state index contributed by atoms with van der Waals surface area (Å²) in [5, 5.41) is 2.93. The van der Waals surface area contributed by atoms with Crippen molar-refractivity contribution in [2.45, 2.75) is 62.5 Å². The Labute approximate surface area is 242 Å². The highest BCUT2D eigenvalue weighted by molar-refractivity contribution is 7.89. The highest BCUT2D eigenvalue weighted by Crippen LogP contribution is 2.34. The van der Waals surface area contributed by atoms with Gasteiger partial charge in [0.05, 0.1) is 23.7 Å². The van der Waals surface area contributed by atoms with Crippen LogP contribution in [0.25, 0.3) is 0 Å². The summed E-state index contributed by atoms with van der Waals surface area (Å²) in [5.74, 6) is -0.283. The van der Waals surface area contributed by atoms with Gasteiger partial charge in [0.1, 0.15) is 5.75 Å². The summed E-state index contributed by atoms with van der Waals surface area (Å²) < 4.78 is 35.2. The molecule has 0 unspecified atom stereocenters. The van der Waals surface area contributed by atoms with Crippen LogP contribution < -0.4 is 15.0 Å². The number of hydrogen-bond acceptors (Lipinski definition) is 5. The molecule has 0 spiro atoms. The predicted octanol–water partition coefficient (Wildman–Crippen LogP) is 4.47. The maximum absolute atomic E-state index is 13.9. The number of anilines is 1. The fourth-order valence-electron chi connectivity index (χ4n) is 5.54. The van der Waals surface area contributed by atoms with E-state index < -0.39 is 16.1 Å². The summed E-state index contributed by atoms with van der Waals surface area (Å²) >= 11 is 0. The van der Waals surface area contributed by atoms with Crippen molar-refractivity contribution in [3.63, 3.8) is 0 Å². The Kier molecular flexibility index (Phi) is 9.05. The monoisotopic (exact) mass is 575 g/mol. The molecular weight excluding hydrogens is 538 g/mol. The molecule has 41 heavy (non-hydrogen) atoms. The third kappa shape index (κ3) is 6.80. The number of hydrogen-bond donors (Lipinski definition) is 1. The van der Waals surface area contributed by atoms with Gasteiger partial charge in [-0.15, -0.1) is 0 Å². The molecule has 1 aliphatic heterocycles. The number of para-hydroxylation sites is 2. The van der Waals surface area contributed by atoms with Crippen molar-refractivity contribution in [1.29, 1.82) is 0 Å². The summed E-state index contributed by atoms with van der Waals surface area (Å²) in [6.07, 6.45) is 4.08. The summed E-state index contributed by atoms with van der Waals surface area (Å²) in [4.78, 5) is 28.8. The van der Waals surface area contributed by atoms with E-state index in [1.54, 1.807) is 48.5 Å². The summed E-state index contributed by atoms with van der Waals surface area (Å²) in [7, 11) is -3.92. The lowest BCUT2D eigenvalue weighted by Crippen LogP contribution is -2.54. The molecule has 2 aliphatic rings. The van der Waals surface area contributed by atoms with Crippen molar-refractivity contribution in [2.75, 3.05) is 24.5 Å². The van der Waals surface area contributed by atoms with Crippen LogP contribution in [0.3, 0.4) is 0 Å². The Balaban J connectivity index is 1.35. The predicted molar refractivity (Wildman–Crippen MR) is 158 cm³/mol. The maximum Gasteiger partial charge on any atom is 0.262 e. The van der Waals surface area contributed by atoms with Crippen LogP contribution in [0.1, 0.15) is 43.2 Å². The van der Waals surface area contributed by atoms with Gasteiger partial charge in [-0.05, 0) is 56.0 Å². The van der Waals surface area contributed by atoms with Crippen LogP contribution in [0.5, 0.6) is 5.75 Å². The van der Waals surface area contributed by atoms with Crippen LogP contribution in [0.15, 0.2) is 83.8 Å². The molecule has 0 saturated heterocycles. The minimum absolute atomic E-state index is 0.00387. The molecule has 9 heteroatoms. The van der Waals surface area contributed by atoms with Gasteiger partial charge in [-0.3, -0.25) is 9.59 Å². The van der Waals surface area contributed by atoms with Gasteiger partial charge in [0, 0.05) is 12.6 Å². The number of aryl methyl sites for hydroxylation is 1.